The third-order valence-electron chi connectivity index (χ3n) is 6.66. The van der Waals surface area contributed by atoms with Crippen molar-refractivity contribution in [3.8, 4) is 22.8 Å². The summed E-state index contributed by atoms with van der Waals surface area (Å²) in [6.07, 6.45) is -8.59. The van der Waals surface area contributed by atoms with Crippen molar-refractivity contribution in [2.45, 2.75) is 39.2 Å². The SMILES string of the molecule is Cc1ccc(C(C)C)c(N2C(=O)CSC2=NC(=O)Nc2ccc(-c3ncn(-c4ccc(OC(F)(F)F)cc4)n3)cc2C(F)(F)F)c1. The van der Waals surface area contributed by atoms with Gasteiger partial charge < -0.3 is 10.1 Å². The van der Waals surface area contributed by atoms with E-state index in [4.69, 9.17) is 0 Å². The van der Waals surface area contributed by atoms with E-state index < -0.39 is 35.6 Å². The number of ether oxygens (including phenoxy) is 1. The van der Waals surface area contributed by atoms with E-state index in [1.54, 1.807) is 6.07 Å². The van der Waals surface area contributed by atoms with Gasteiger partial charge in [0, 0.05) is 5.56 Å². The highest BCUT2D eigenvalue weighted by Gasteiger charge is 2.36. The summed E-state index contributed by atoms with van der Waals surface area (Å²) >= 11 is 0.999. The summed E-state index contributed by atoms with van der Waals surface area (Å²) in [5.74, 6) is -0.853. The zero-order valence-corrected chi connectivity index (χ0v) is 25.1. The molecule has 3 amide bonds. The van der Waals surface area contributed by atoms with Crippen LogP contribution in [0.15, 0.2) is 72.0 Å². The number of hydrogen-bond donors (Lipinski definition) is 1. The van der Waals surface area contributed by atoms with Crippen LogP contribution in [0.2, 0.25) is 0 Å². The van der Waals surface area contributed by atoms with Crippen molar-refractivity contribution in [3.05, 3.63) is 83.7 Å². The minimum Gasteiger partial charge on any atom is -0.406 e. The molecule has 46 heavy (non-hydrogen) atoms. The summed E-state index contributed by atoms with van der Waals surface area (Å²) in [5, 5.41) is 6.34. The van der Waals surface area contributed by atoms with Gasteiger partial charge in [0.1, 0.15) is 12.1 Å². The highest BCUT2D eigenvalue weighted by Crippen LogP contribution is 2.38. The topological polar surface area (TPSA) is 102 Å². The number of aromatic nitrogens is 3. The maximum atomic E-state index is 14.1. The van der Waals surface area contributed by atoms with Crippen molar-refractivity contribution in [3.63, 3.8) is 0 Å². The number of aliphatic imine (C=N–C) groups is 1. The number of benzene rings is 3. The number of hydrogen-bond acceptors (Lipinski definition) is 6. The van der Waals surface area contributed by atoms with Gasteiger partial charge in [-0.3, -0.25) is 9.69 Å². The summed E-state index contributed by atoms with van der Waals surface area (Å²) in [6, 6.07) is 12.1. The highest BCUT2D eigenvalue weighted by atomic mass is 32.2. The molecule has 1 aliphatic rings. The largest absolute Gasteiger partial charge is 0.573 e. The van der Waals surface area contributed by atoms with Crippen molar-refractivity contribution in [1.82, 2.24) is 14.8 Å². The van der Waals surface area contributed by atoms with Gasteiger partial charge in [0.25, 0.3) is 0 Å². The number of nitrogens with one attached hydrogen (secondary N) is 1. The zero-order chi connectivity index (χ0) is 33.4. The Morgan fingerprint density at radius 2 is 1.74 bits per heavy atom. The minimum atomic E-state index is -4.90. The van der Waals surface area contributed by atoms with Crippen LogP contribution in [0.4, 0.5) is 42.5 Å². The molecule has 1 fully saturated rings. The number of thioether (sulfide) groups is 1. The van der Waals surface area contributed by atoms with Gasteiger partial charge in [-0.25, -0.2) is 14.5 Å². The van der Waals surface area contributed by atoms with E-state index in [1.165, 1.54) is 29.4 Å². The Morgan fingerprint density at radius 3 is 2.39 bits per heavy atom. The molecule has 1 aromatic heterocycles. The summed E-state index contributed by atoms with van der Waals surface area (Å²) in [5.41, 5.74) is 0.714. The predicted octanol–water partition coefficient (Wildman–Crippen LogP) is 7.95. The van der Waals surface area contributed by atoms with Gasteiger partial charge in [0.2, 0.25) is 5.91 Å². The average Bonchev–Trinajstić information content (AvgIpc) is 3.59. The molecular weight excluding hydrogens is 638 g/mol. The molecule has 0 spiro atoms. The molecule has 9 nitrogen and oxygen atoms in total. The van der Waals surface area contributed by atoms with Crippen LogP contribution < -0.4 is 15.0 Å². The Labute approximate surface area is 262 Å². The van der Waals surface area contributed by atoms with E-state index in [0.717, 1.165) is 51.8 Å². The molecule has 0 aliphatic carbocycles. The number of amides is 3. The van der Waals surface area contributed by atoms with Crippen molar-refractivity contribution < 1.29 is 40.7 Å². The van der Waals surface area contributed by atoms with Crippen molar-refractivity contribution in [2.24, 2.45) is 4.99 Å². The number of urea groups is 1. The molecule has 2 heterocycles. The van der Waals surface area contributed by atoms with Crippen LogP contribution in [-0.4, -0.2) is 44.0 Å². The van der Waals surface area contributed by atoms with Gasteiger partial charge in [-0.05, 0) is 72.5 Å². The fraction of sp³-hybridized carbons (Fsp3) is 0.233. The van der Waals surface area contributed by atoms with Crippen molar-refractivity contribution in [2.75, 3.05) is 16.0 Å². The maximum absolute atomic E-state index is 14.1. The third-order valence-corrected chi connectivity index (χ3v) is 7.59. The van der Waals surface area contributed by atoms with Crippen LogP contribution in [0.1, 0.15) is 36.5 Å². The Balaban J connectivity index is 1.39. The van der Waals surface area contributed by atoms with Gasteiger partial charge in [0.05, 0.1) is 28.4 Å². The second-order valence-electron chi connectivity index (χ2n) is 10.4. The van der Waals surface area contributed by atoms with E-state index in [9.17, 15) is 35.9 Å². The molecule has 1 saturated heterocycles. The van der Waals surface area contributed by atoms with Gasteiger partial charge >= 0.3 is 18.6 Å². The third kappa shape index (κ3) is 7.33. The van der Waals surface area contributed by atoms with Crippen LogP contribution in [0.25, 0.3) is 17.1 Å². The van der Waals surface area contributed by atoms with E-state index >= 15 is 0 Å². The monoisotopic (exact) mass is 662 g/mol. The molecule has 0 unspecified atom stereocenters. The number of amidine groups is 1. The van der Waals surface area contributed by atoms with Gasteiger partial charge in [-0.1, -0.05) is 37.7 Å². The average molecular weight is 663 g/mol. The minimum absolute atomic E-state index is 0.00517. The van der Waals surface area contributed by atoms with Crippen LogP contribution in [0.3, 0.4) is 0 Å². The first-order chi connectivity index (χ1) is 21.6. The summed E-state index contributed by atoms with van der Waals surface area (Å²) in [7, 11) is 0. The number of anilines is 2. The number of alkyl halides is 6. The second kappa shape index (κ2) is 12.5. The highest BCUT2D eigenvalue weighted by molar-refractivity contribution is 8.15. The fourth-order valence-corrected chi connectivity index (χ4v) is 5.45. The number of aryl methyl sites for hydroxylation is 1. The predicted molar refractivity (Wildman–Crippen MR) is 160 cm³/mol. The van der Waals surface area contributed by atoms with E-state index in [0.29, 0.717) is 5.69 Å². The van der Waals surface area contributed by atoms with E-state index in [1.807, 2.05) is 32.9 Å². The van der Waals surface area contributed by atoms with Gasteiger partial charge in [0.15, 0.2) is 11.0 Å². The molecule has 4 aromatic rings. The number of carbonyl (C=O) groups excluding carboxylic acids is 2. The number of carbonyl (C=O) groups is 2. The quantitative estimate of drug-likeness (QED) is 0.210. The Bertz CT molecular complexity index is 1820. The normalized spacial score (nSPS) is 14.8. The molecule has 1 aliphatic heterocycles. The lowest BCUT2D eigenvalue weighted by atomic mass is 9.99. The number of halogens is 6. The summed E-state index contributed by atoms with van der Waals surface area (Å²) in [6.45, 7) is 5.74. The van der Waals surface area contributed by atoms with E-state index in [2.05, 4.69) is 25.1 Å². The lowest BCUT2D eigenvalue weighted by Gasteiger charge is -2.22. The van der Waals surface area contributed by atoms with Crippen LogP contribution in [0, 0.1) is 6.92 Å². The molecule has 0 bridgehead atoms. The molecule has 5 rings (SSSR count). The summed E-state index contributed by atoms with van der Waals surface area (Å²) in [4.78, 5) is 35.0. The fourth-order valence-electron chi connectivity index (χ4n) is 4.59. The first-order valence-electron chi connectivity index (χ1n) is 13.5. The Morgan fingerprint density at radius 1 is 1.02 bits per heavy atom. The second-order valence-corrected chi connectivity index (χ2v) is 11.3. The molecule has 0 radical (unpaired) electrons. The van der Waals surface area contributed by atoms with E-state index in [-0.39, 0.29) is 39.8 Å². The molecule has 16 heteroatoms. The first-order valence-corrected chi connectivity index (χ1v) is 14.5. The Hall–Kier alpha value is -4.86. The Kier molecular flexibility index (Phi) is 8.84. The lowest BCUT2D eigenvalue weighted by Crippen LogP contribution is -2.31. The summed E-state index contributed by atoms with van der Waals surface area (Å²) < 4.78 is 84.7. The number of rotatable bonds is 6. The standard InChI is InChI=1S/C30H24F6N6O3S/c1-16(2)21-10-4-17(3)12-24(21)42-25(43)14-46-28(42)39-27(44)38-23-11-5-18(13-22(23)29(31,32)33)26-37-15-41(40-26)19-6-8-20(9-7-19)45-30(34,35)36/h4-13,15-16H,14H2,1-3H3,(H,38,44). The molecule has 1 N–H and O–H groups in total. The molecule has 0 saturated carbocycles. The van der Waals surface area contributed by atoms with Crippen molar-refractivity contribution in [1.29, 1.82) is 0 Å². The van der Waals surface area contributed by atoms with Crippen LogP contribution in [-0.2, 0) is 11.0 Å². The van der Waals surface area contributed by atoms with Crippen LogP contribution >= 0.6 is 11.8 Å². The van der Waals surface area contributed by atoms with Crippen LogP contribution in [0.5, 0.6) is 5.75 Å². The van der Waals surface area contributed by atoms with Gasteiger partial charge in [-0.2, -0.15) is 18.2 Å². The number of nitrogens with zero attached hydrogens (tertiary/aromatic N) is 5. The molecule has 240 valence electrons. The smallest absolute Gasteiger partial charge is 0.406 e. The molecule has 0 atom stereocenters. The lowest BCUT2D eigenvalue weighted by molar-refractivity contribution is -0.274. The zero-order valence-electron chi connectivity index (χ0n) is 24.3. The molecular formula is C30H24F6N6O3S. The first kappa shape index (κ1) is 32.5. The maximum Gasteiger partial charge on any atom is 0.573 e. The van der Waals surface area contributed by atoms with Gasteiger partial charge in [-0.15, -0.1) is 18.3 Å². The molecule has 3 aromatic carbocycles. The van der Waals surface area contributed by atoms with Crippen molar-refractivity contribution >= 4 is 40.2 Å².